The second-order valence-corrected chi connectivity index (χ2v) is 3.59. The second-order valence-electron chi connectivity index (χ2n) is 3.59. The summed E-state index contributed by atoms with van der Waals surface area (Å²) in [5.41, 5.74) is 0. The first-order valence-corrected chi connectivity index (χ1v) is 5.33. The molecule has 0 aromatic heterocycles. The molecule has 1 fully saturated rings. The lowest BCUT2D eigenvalue weighted by atomic mass is 10.0. The molecule has 0 aromatic carbocycles. The minimum absolute atomic E-state index is 0.809. The summed E-state index contributed by atoms with van der Waals surface area (Å²) in [7, 11) is 0. The molecule has 1 atom stereocenters. The maximum absolute atomic E-state index is 3.44. The van der Waals surface area contributed by atoms with Gasteiger partial charge in [-0.25, -0.2) is 0 Å². The number of likely N-dealkylation sites (N-methyl/N-ethyl adjacent to an activating group) is 2. The Balaban J connectivity index is 2.26. The maximum atomic E-state index is 3.44. The summed E-state index contributed by atoms with van der Waals surface area (Å²) in [5.74, 6) is 0. The highest BCUT2D eigenvalue weighted by atomic mass is 15.2. The fraction of sp³-hybridized carbons (Fsp3) is 1.00. The van der Waals surface area contributed by atoms with Gasteiger partial charge in [-0.1, -0.05) is 20.3 Å². The molecule has 0 saturated carbocycles. The van der Waals surface area contributed by atoms with E-state index in [0.29, 0.717) is 0 Å². The van der Waals surface area contributed by atoms with Gasteiger partial charge in [0.05, 0.1) is 0 Å². The van der Waals surface area contributed by atoms with Gasteiger partial charge in [-0.3, -0.25) is 4.90 Å². The van der Waals surface area contributed by atoms with E-state index in [1.807, 2.05) is 0 Å². The van der Waals surface area contributed by atoms with Gasteiger partial charge >= 0.3 is 0 Å². The van der Waals surface area contributed by atoms with Crippen molar-refractivity contribution in [3.63, 3.8) is 0 Å². The zero-order valence-corrected chi connectivity index (χ0v) is 8.47. The molecule has 2 heteroatoms. The van der Waals surface area contributed by atoms with Crippen LogP contribution in [0.5, 0.6) is 0 Å². The van der Waals surface area contributed by atoms with Crippen LogP contribution in [-0.4, -0.2) is 37.1 Å². The molecule has 0 aromatic rings. The van der Waals surface area contributed by atoms with Crippen LogP contribution in [0.2, 0.25) is 0 Å². The molecule has 72 valence electrons. The monoisotopic (exact) mass is 170 g/mol. The van der Waals surface area contributed by atoms with Crippen molar-refractivity contribution >= 4 is 0 Å². The van der Waals surface area contributed by atoms with E-state index in [2.05, 4.69) is 24.1 Å². The quantitative estimate of drug-likeness (QED) is 0.687. The number of hydrogen-bond acceptors (Lipinski definition) is 2. The van der Waals surface area contributed by atoms with Crippen molar-refractivity contribution in [3.8, 4) is 0 Å². The van der Waals surface area contributed by atoms with Gasteiger partial charge in [0.15, 0.2) is 0 Å². The molecule has 12 heavy (non-hydrogen) atoms. The lowest BCUT2D eigenvalue weighted by Crippen LogP contribution is -2.45. The van der Waals surface area contributed by atoms with E-state index >= 15 is 0 Å². The van der Waals surface area contributed by atoms with Crippen molar-refractivity contribution in [3.05, 3.63) is 0 Å². The van der Waals surface area contributed by atoms with Crippen LogP contribution in [0.15, 0.2) is 0 Å². The normalized spacial score (nSPS) is 26.0. The van der Waals surface area contributed by atoms with E-state index in [1.165, 1.54) is 38.9 Å². The Bertz CT molecular complexity index is 114. The third-order valence-electron chi connectivity index (χ3n) is 2.79. The van der Waals surface area contributed by atoms with Crippen LogP contribution >= 0.6 is 0 Å². The maximum Gasteiger partial charge on any atom is 0.0220 e. The molecule has 1 aliphatic rings. The molecule has 2 nitrogen and oxygen atoms in total. The van der Waals surface area contributed by atoms with E-state index in [-0.39, 0.29) is 0 Å². The zero-order chi connectivity index (χ0) is 8.81. The smallest absolute Gasteiger partial charge is 0.0220 e. The van der Waals surface area contributed by atoms with Crippen molar-refractivity contribution in [1.29, 1.82) is 0 Å². The second kappa shape index (κ2) is 5.55. The number of likely N-dealkylation sites (tertiary alicyclic amines) is 1. The number of piperidine rings is 1. The number of hydrogen-bond donors (Lipinski definition) is 1. The Morgan fingerprint density at radius 1 is 1.33 bits per heavy atom. The highest BCUT2D eigenvalue weighted by Gasteiger charge is 2.19. The minimum Gasteiger partial charge on any atom is -0.315 e. The van der Waals surface area contributed by atoms with Crippen LogP contribution in [0.3, 0.4) is 0 Å². The summed E-state index contributed by atoms with van der Waals surface area (Å²) in [4.78, 5) is 2.60. The Kier molecular flexibility index (Phi) is 4.62. The molecule has 0 aliphatic carbocycles. The van der Waals surface area contributed by atoms with Gasteiger partial charge in [-0.05, 0) is 32.5 Å². The molecular formula is C10H22N2. The average Bonchev–Trinajstić information content (AvgIpc) is 2.15. The first kappa shape index (κ1) is 10.0. The van der Waals surface area contributed by atoms with E-state index in [1.54, 1.807) is 0 Å². The van der Waals surface area contributed by atoms with Crippen molar-refractivity contribution in [2.75, 3.05) is 26.2 Å². The Hall–Kier alpha value is -0.0800. The summed E-state index contributed by atoms with van der Waals surface area (Å²) in [6.07, 6.45) is 4.21. The molecule has 0 amide bonds. The molecular weight excluding hydrogens is 148 g/mol. The van der Waals surface area contributed by atoms with E-state index in [0.717, 1.165) is 12.6 Å². The lowest BCUT2D eigenvalue weighted by molar-refractivity contribution is 0.154. The predicted octanol–water partition coefficient (Wildman–Crippen LogP) is 1.47. The predicted molar refractivity (Wildman–Crippen MR) is 53.4 cm³/mol. The Labute approximate surface area is 76.3 Å². The van der Waals surface area contributed by atoms with Gasteiger partial charge in [0, 0.05) is 12.6 Å². The number of rotatable bonds is 4. The molecule has 1 aliphatic heterocycles. The molecule has 0 bridgehead atoms. The SMILES string of the molecule is CCNCC1CCCCN1CC. The topological polar surface area (TPSA) is 15.3 Å². The molecule has 0 radical (unpaired) electrons. The summed E-state index contributed by atoms with van der Waals surface area (Å²) >= 11 is 0. The van der Waals surface area contributed by atoms with Crippen LogP contribution in [0.4, 0.5) is 0 Å². The van der Waals surface area contributed by atoms with Crippen molar-refractivity contribution < 1.29 is 0 Å². The van der Waals surface area contributed by atoms with Gasteiger partial charge in [-0.15, -0.1) is 0 Å². The highest BCUT2D eigenvalue weighted by Crippen LogP contribution is 2.15. The molecule has 1 saturated heterocycles. The first-order chi connectivity index (χ1) is 5.88. The van der Waals surface area contributed by atoms with Gasteiger partial charge in [0.1, 0.15) is 0 Å². The fourth-order valence-electron chi connectivity index (χ4n) is 2.02. The van der Waals surface area contributed by atoms with Crippen LogP contribution in [0.1, 0.15) is 33.1 Å². The van der Waals surface area contributed by atoms with Crippen molar-refractivity contribution in [1.82, 2.24) is 10.2 Å². The molecule has 1 N–H and O–H groups in total. The Morgan fingerprint density at radius 2 is 2.17 bits per heavy atom. The van der Waals surface area contributed by atoms with Gasteiger partial charge < -0.3 is 5.32 Å². The standard InChI is InChI=1S/C10H22N2/c1-3-11-9-10-7-5-6-8-12(10)4-2/h10-11H,3-9H2,1-2H3. The third-order valence-corrected chi connectivity index (χ3v) is 2.79. The fourth-order valence-corrected chi connectivity index (χ4v) is 2.02. The molecule has 1 rings (SSSR count). The van der Waals surface area contributed by atoms with Gasteiger partial charge in [0.25, 0.3) is 0 Å². The summed E-state index contributed by atoms with van der Waals surface area (Å²) in [5, 5.41) is 3.44. The minimum atomic E-state index is 0.809. The summed E-state index contributed by atoms with van der Waals surface area (Å²) in [6.45, 7) is 9.27. The summed E-state index contributed by atoms with van der Waals surface area (Å²) < 4.78 is 0. The molecule has 1 heterocycles. The summed E-state index contributed by atoms with van der Waals surface area (Å²) in [6, 6.07) is 0.809. The molecule has 0 spiro atoms. The first-order valence-electron chi connectivity index (χ1n) is 5.33. The van der Waals surface area contributed by atoms with Crippen molar-refractivity contribution in [2.45, 2.75) is 39.2 Å². The van der Waals surface area contributed by atoms with Crippen molar-refractivity contribution in [2.24, 2.45) is 0 Å². The van der Waals surface area contributed by atoms with Crippen LogP contribution in [0, 0.1) is 0 Å². The number of nitrogens with one attached hydrogen (secondary N) is 1. The largest absolute Gasteiger partial charge is 0.315 e. The van der Waals surface area contributed by atoms with Crippen LogP contribution in [-0.2, 0) is 0 Å². The van der Waals surface area contributed by atoms with E-state index in [4.69, 9.17) is 0 Å². The number of nitrogens with zero attached hydrogens (tertiary/aromatic N) is 1. The van der Waals surface area contributed by atoms with E-state index < -0.39 is 0 Å². The Morgan fingerprint density at radius 3 is 2.83 bits per heavy atom. The van der Waals surface area contributed by atoms with E-state index in [9.17, 15) is 0 Å². The molecule has 1 unspecified atom stereocenters. The third kappa shape index (κ3) is 2.76. The van der Waals surface area contributed by atoms with Gasteiger partial charge in [-0.2, -0.15) is 0 Å². The van der Waals surface area contributed by atoms with Crippen LogP contribution in [0.25, 0.3) is 0 Å². The van der Waals surface area contributed by atoms with Crippen LogP contribution < -0.4 is 5.32 Å². The zero-order valence-electron chi connectivity index (χ0n) is 8.47. The highest BCUT2D eigenvalue weighted by molar-refractivity contribution is 4.77. The van der Waals surface area contributed by atoms with Gasteiger partial charge in [0.2, 0.25) is 0 Å². The average molecular weight is 170 g/mol. The lowest BCUT2D eigenvalue weighted by Gasteiger charge is -2.34.